The first-order chi connectivity index (χ1) is 16.6. The Kier molecular flexibility index (Phi) is 7.67. The molecule has 0 aliphatic carbocycles. The van der Waals surface area contributed by atoms with Gasteiger partial charge in [-0.25, -0.2) is 4.39 Å². The lowest BCUT2D eigenvalue weighted by atomic mass is 9.91. The Labute approximate surface area is 203 Å². The quantitative estimate of drug-likeness (QED) is 0.447. The van der Waals surface area contributed by atoms with Crippen LogP contribution in [-0.4, -0.2) is 43.1 Å². The van der Waals surface area contributed by atoms with Crippen LogP contribution in [0.5, 0.6) is 5.75 Å². The minimum atomic E-state index is -4.82. The summed E-state index contributed by atoms with van der Waals surface area (Å²) >= 11 is 1.21. The number of amides is 1. The number of rotatable bonds is 6. The van der Waals surface area contributed by atoms with Crippen molar-refractivity contribution in [3.05, 3.63) is 53.3 Å². The van der Waals surface area contributed by atoms with E-state index in [0.717, 1.165) is 25.0 Å². The Morgan fingerprint density at radius 1 is 1.17 bits per heavy atom. The minimum absolute atomic E-state index is 0.0222. The number of nitrogens with two attached hydrogens (primary N) is 1. The highest BCUT2D eigenvalue weighted by Crippen LogP contribution is 2.38. The van der Waals surface area contributed by atoms with Crippen LogP contribution in [0.15, 0.2) is 41.3 Å². The molecule has 1 atom stereocenters. The lowest BCUT2D eigenvalue weighted by molar-refractivity contribution is -0.274. The van der Waals surface area contributed by atoms with Crippen LogP contribution >= 0.6 is 11.8 Å². The monoisotopic (exact) mass is 512 g/mol. The fourth-order valence-electron chi connectivity index (χ4n) is 4.12. The Morgan fingerprint density at radius 2 is 1.86 bits per heavy atom. The van der Waals surface area contributed by atoms with Gasteiger partial charge < -0.3 is 20.1 Å². The number of hydrogen-bond donors (Lipinski definition) is 1. The van der Waals surface area contributed by atoms with Crippen molar-refractivity contribution >= 4 is 29.1 Å². The number of nitrogens with zero attached hydrogens (tertiary/aromatic N) is 1. The highest BCUT2D eigenvalue weighted by molar-refractivity contribution is 7.99. The molecule has 2 N–H and O–H groups in total. The molecule has 4 rings (SSSR count). The Hall–Kier alpha value is -2.63. The molecule has 1 saturated heterocycles. The molecule has 2 aromatic rings. The summed E-state index contributed by atoms with van der Waals surface area (Å²) in [6.07, 6.45) is -3.19. The number of thioether (sulfide) groups is 1. The number of Topliss-reactive ketones (excluding diaryl/α,β-unsaturated/α-hetero) is 1. The first kappa shape index (κ1) is 25.5. The van der Waals surface area contributed by atoms with Crippen LogP contribution in [-0.2, 0) is 16.1 Å². The van der Waals surface area contributed by atoms with E-state index in [4.69, 9.17) is 10.5 Å². The topological polar surface area (TPSA) is 81.9 Å². The zero-order valence-electron chi connectivity index (χ0n) is 18.6. The predicted molar refractivity (Wildman–Crippen MR) is 122 cm³/mol. The molecule has 2 aliphatic heterocycles. The van der Waals surface area contributed by atoms with E-state index in [0.29, 0.717) is 29.4 Å². The SMILES string of the molecule is N[C@H]1CSc2cc(F)c(C(=O)CC3CCOCC3)cc2N(Cc2ccc(OC(F)(F)F)cc2)C1=O. The van der Waals surface area contributed by atoms with Gasteiger partial charge in [0.05, 0.1) is 23.8 Å². The van der Waals surface area contributed by atoms with Crippen LogP contribution in [0.25, 0.3) is 0 Å². The summed E-state index contributed by atoms with van der Waals surface area (Å²) < 4.78 is 61.5. The maximum absolute atomic E-state index is 14.9. The van der Waals surface area contributed by atoms with Crippen LogP contribution in [0.1, 0.15) is 35.2 Å². The summed E-state index contributed by atoms with van der Waals surface area (Å²) in [5, 5.41) is 0. The van der Waals surface area contributed by atoms with Crippen LogP contribution in [0.2, 0.25) is 0 Å². The number of halogens is 4. The van der Waals surface area contributed by atoms with Crippen molar-refractivity contribution in [3.63, 3.8) is 0 Å². The highest BCUT2D eigenvalue weighted by atomic mass is 32.2. The molecule has 1 amide bonds. The second-order valence-corrected chi connectivity index (χ2v) is 9.58. The lowest BCUT2D eigenvalue weighted by Gasteiger charge is -2.25. The summed E-state index contributed by atoms with van der Waals surface area (Å²) in [5.74, 6) is -1.51. The summed E-state index contributed by atoms with van der Waals surface area (Å²) in [4.78, 5) is 27.8. The zero-order valence-corrected chi connectivity index (χ0v) is 19.5. The predicted octanol–water partition coefficient (Wildman–Crippen LogP) is 4.69. The average Bonchev–Trinajstić information content (AvgIpc) is 2.91. The number of carbonyl (C=O) groups is 2. The number of benzene rings is 2. The van der Waals surface area contributed by atoms with Gasteiger partial charge in [0.2, 0.25) is 5.91 Å². The molecule has 0 saturated carbocycles. The molecule has 0 aromatic heterocycles. The second-order valence-electron chi connectivity index (χ2n) is 8.52. The second kappa shape index (κ2) is 10.5. The molecular formula is C24H24F4N2O4S. The third-order valence-electron chi connectivity index (χ3n) is 5.95. The van der Waals surface area contributed by atoms with E-state index in [2.05, 4.69) is 4.74 Å². The number of hydrogen-bond acceptors (Lipinski definition) is 6. The molecule has 6 nitrogen and oxygen atoms in total. The van der Waals surface area contributed by atoms with Crippen LogP contribution in [0.4, 0.5) is 23.2 Å². The molecule has 11 heteroatoms. The Morgan fingerprint density at radius 3 is 2.51 bits per heavy atom. The Balaban J connectivity index is 1.62. The molecule has 188 valence electrons. The third kappa shape index (κ3) is 6.33. The maximum Gasteiger partial charge on any atom is 0.573 e. The molecule has 0 bridgehead atoms. The molecule has 0 unspecified atom stereocenters. The lowest BCUT2D eigenvalue weighted by Crippen LogP contribution is -2.44. The van der Waals surface area contributed by atoms with Crippen LogP contribution in [0.3, 0.4) is 0 Å². The van der Waals surface area contributed by atoms with Crippen LogP contribution < -0.4 is 15.4 Å². The van der Waals surface area contributed by atoms with Gasteiger partial charge in [0.15, 0.2) is 5.78 Å². The molecule has 2 aromatic carbocycles. The molecule has 35 heavy (non-hydrogen) atoms. The van der Waals surface area contributed by atoms with E-state index in [1.54, 1.807) is 0 Å². The number of anilines is 1. The van der Waals surface area contributed by atoms with E-state index in [-0.39, 0.29) is 41.7 Å². The molecule has 0 spiro atoms. The zero-order chi connectivity index (χ0) is 25.2. The van der Waals surface area contributed by atoms with E-state index < -0.39 is 24.1 Å². The highest BCUT2D eigenvalue weighted by Gasteiger charge is 2.32. The van der Waals surface area contributed by atoms with Crippen molar-refractivity contribution in [2.45, 2.75) is 43.1 Å². The maximum atomic E-state index is 14.9. The van der Waals surface area contributed by atoms with Gasteiger partial charge in [-0.05, 0) is 48.6 Å². The van der Waals surface area contributed by atoms with Gasteiger partial charge in [0.1, 0.15) is 11.6 Å². The molecule has 2 heterocycles. The summed E-state index contributed by atoms with van der Waals surface area (Å²) in [7, 11) is 0. The van der Waals surface area contributed by atoms with Gasteiger partial charge in [-0.3, -0.25) is 9.59 Å². The third-order valence-corrected chi connectivity index (χ3v) is 7.12. The molecule has 1 fully saturated rings. The molecule has 2 aliphatic rings. The number of ketones is 1. The number of ether oxygens (including phenoxy) is 2. The first-order valence-corrected chi connectivity index (χ1v) is 12.1. The van der Waals surface area contributed by atoms with E-state index in [1.807, 2.05) is 0 Å². The van der Waals surface area contributed by atoms with Crippen molar-refractivity contribution in [2.75, 3.05) is 23.9 Å². The standard InChI is InChI=1S/C24H24F4N2O4S/c25-18-11-22-20(10-17(18)21(31)9-14-5-7-33-8-6-14)30(23(32)19(29)13-35-22)12-15-1-3-16(4-2-15)34-24(26,27)28/h1-4,10-11,14,19H,5-9,12-13,29H2/t19-/m0/s1. The van der Waals surface area contributed by atoms with Gasteiger partial charge in [0.25, 0.3) is 0 Å². The van der Waals surface area contributed by atoms with Gasteiger partial charge in [-0.15, -0.1) is 24.9 Å². The van der Waals surface area contributed by atoms with E-state index >= 15 is 0 Å². The van der Waals surface area contributed by atoms with Crippen molar-refractivity contribution in [2.24, 2.45) is 11.7 Å². The smallest absolute Gasteiger partial charge is 0.406 e. The average molecular weight is 513 g/mol. The summed E-state index contributed by atoms with van der Waals surface area (Å²) in [5.41, 5.74) is 6.79. The molecular weight excluding hydrogens is 488 g/mol. The fourth-order valence-corrected chi connectivity index (χ4v) is 5.12. The van der Waals surface area contributed by atoms with Gasteiger partial charge >= 0.3 is 6.36 Å². The van der Waals surface area contributed by atoms with Crippen molar-refractivity contribution < 1.29 is 36.6 Å². The molecule has 0 radical (unpaired) electrons. The fraction of sp³-hybridized carbons (Fsp3) is 0.417. The van der Waals surface area contributed by atoms with Gasteiger partial charge in [-0.2, -0.15) is 0 Å². The van der Waals surface area contributed by atoms with Gasteiger partial charge in [-0.1, -0.05) is 12.1 Å². The summed E-state index contributed by atoms with van der Waals surface area (Å²) in [6.45, 7) is 1.11. The minimum Gasteiger partial charge on any atom is -0.406 e. The van der Waals surface area contributed by atoms with E-state index in [1.165, 1.54) is 40.9 Å². The number of carbonyl (C=O) groups excluding carboxylic acids is 2. The van der Waals surface area contributed by atoms with Crippen molar-refractivity contribution in [3.8, 4) is 5.75 Å². The number of fused-ring (bicyclic) bond motifs is 1. The largest absolute Gasteiger partial charge is 0.573 e. The van der Waals surface area contributed by atoms with E-state index in [9.17, 15) is 27.2 Å². The summed E-state index contributed by atoms with van der Waals surface area (Å²) in [6, 6.07) is 6.86. The number of alkyl halides is 3. The van der Waals surface area contributed by atoms with Crippen LogP contribution in [0, 0.1) is 11.7 Å². The van der Waals surface area contributed by atoms with Crippen molar-refractivity contribution in [1.82, 2.24) is 0 Å². The Bertz CT molecular complexity index is 1090. The first-order valence-electron chi connectivity index (χ1n) is 11.1. The van der Waals surface area contributed by atoms with Crippen molar-refractivity contribution in [1.29, 1.82) is 0 Å². The van der Waals surface area contributed by atoms with Gasteiger partial charge in [0, 0.05) is 30.3 Å². The normalized spacial score (nSPS) is 19.3.